The van der Waals surface area contributed by atoms with Crippen LogP contribution in [0.15, 0.2) is 73.2 Å². The molecule has 0 spiro atoms. The van der Waals surface area contributed by atoms with Crippen LogP contribution in [0, 0.1) is 121 Å². The predicted molar refractivity (Wildman–Crippen MR) is 469 cm³/mol. The fourth-order valence-corrected chi connectivity index (χ4v) is 29.8. The minimum Gasteiger partial charge on any atom is -1.00 e. The van der Waals surface area contributed by atoms with Gasteiger partial charge in [-0.05, 0) is 334 Å². The number of halogens is 1. The van der Waals surface area contributed by atoms with Crippen LogP contribution in [-0.2, 0) is 51.4 Å². The number of hydrogen-bond acceptors (Lipinski definition) is 18. The zero-order valence-electron chi connectivity index (χ0n) is 74.4. The van der Waals surface area contributed by atoms with E-state index in [9.17, 15) is 29.7 Å². The van der Waals surface area contributed by atoms with Gasteiger partial charge in [0.2, 0.25) is 0 Å². The van der Waals surface area contributed by atoms with Crippen LogP contribution in [0.3, 0.4) is 0 Å². The van der Waals surface area contributed by atoms with Gasteiger partial charge in [-0.15, -0.1) is 0 Å². The minimum atomic E-state index is -0.538. The number of Topliss-reactive ketones (excluding diaryl/α,β-unsaturated/α-hetero) is 3. The number of carbonyl (C=O) groups excluding carboxylic acids is 4. The van der Waals surface area contributed by atoms with Crippen LogP contribution in [0.25, 0.3) is 32.7 Å². The fourth-order valence-electron chi connectivity index (χ4n) is 29.4. The molecule has 0 aliphatic heterocycles. The van der Waals surface area contributed by atoms with Crippen molar-refractivity contribution in [3.63, 3.8) is 0 Å². The first kappa shape index (κ1) is 102. The van der Waals surface area contributed by atoms with Crippen LogP contribution in [0.2, 0.25) is 0 Å². The number of ether oxygens (including phenoxy) is 6. The van der Waals surface area contributed by atoms with E-state index in [-0.39, 0.29) is 183 Å². The molecule has 12 aliphatic carbocycles. The zero-order valence-corrected chi connectivity index (χ0v) is 81.2. The number of hydrogen-bond donors (Lipinski definition) is 4. The summed E-state index contributed by atoms with van der Waals surface area (Å²) < 4.78 is 37.5. The topological polar surface area (TPSA) is 281 Å². The molecule has 12 saturated carbocycles. The van der Waals surface area contributed by atoms with Crippen LogP contribution >= 0.6 is 15.9 Å². The molecule has 21 nitrogen and oxygen atoms in total. The third-order valence-electron chi connectivity index (χ3n) is 34.5. The maximum absolute atomic E-state index is 13.9. The molecule has 0 saturated heterocycles. The van der Waals surface area contributed by atoms with Gasteiger partial charge in [-0.3, -0.25) is 33.6 Å². The van der Waals surface area contributed by atoms with E-state index in [4.69, 9.17) is 43.6 Å². The molecular formula is C97H147BrK2N6O15. The van der Waals surface area contributed by atoms with Crippen molar-refractivity contribution < 1.29 is 177 Å². The number of ketones is 3. The number of methoxy groups -OCH3 is 6. The summed E-state index contributed by atoms with van der Waals surface area (Å²) in [6.07, 6.45) is 35.3. The Balaban J connectivity index is 0.000000206. The van der Waals surface area contributed by atoms with Crippen molar-refractivity contribution in [1.82, 2.24) is 29.8 Å². The van der Waals surface area contributed by atoms with Gasteiger partial charge in [-0.2, -0.15) is 15.3 Å². The molecule has 664 valence electrons. The van der Waals surface area contributed by atoms with Crippen LogP contribution < -0.4 is 122 Å². The Bertz CT molecular complexity index is 4430. The molecule has 0 unspecified atom stereocenters. The van der Waals surface area contributed by atoms with Gasteiger partial charge in [0.25, 0.3) is 6.47 Å². The quantitative estimate of drug-likeness (QED) is 0.0204. The SMILES string of the molecule is C.C.C.COC[C@]12CC[C@@](C)(O)C[C@@H]1CC[C@H]1[C@@H]3CC[C@H](C(=O)CBr)[C@@]3(C)CC[C@@H]12.COC[C@]12CC[C@@](C)(O)C[C@@H]1CC[C@H]1[C@@H]3CC[C@H](C(=O)Cn4ncc5c(OC)cccc54)[C@@]3(C)CC[C@@H]12.COC[C@]12CC[C@@](C)(O)C[C@H]1CC[C@H]1[C@@H]3CC[C@H](C(=O)Cn4cc5c(OC)cccc5n4)[C@@]3(C)CC[C@@H]12.COc1cccc2[nH]ncc12.O=CO[O-].[H-].[K+].[K+]. The second-order valence-corrected chi connectivity index (χ2v) is 40.6. The molecule has 121 heavy (non-hydrogen) atoms. The van der Waals surface area contributed by atoms with Crippen molar-refractivity contribution >= 4 is 72.5 Å². The van der Waals surface area contributed by atoms with Crippen molar-refractivity contribution in [2.45, 2.75) is 267 Å². The number of fused-ring (bicyclic) bond motifs is 18. The molecule has 0 amide bonds. The molecule has 12 aliphatic rings. The van der Waals surface area contributed by atoms with E-state index in [2.05, 4.69) is 56.9 Å². The summed E-state index contributed by atoms with van der Waals surface area (Å²) >= 11 is 3.43. The normalized spacial score (nSPS) is 37.9. The largest absolute Gasteiger partial charge is 1.00 e. The van der Waals surface area contributed by atoms with E-state index in [0.29, 0.717) is 101 Å². The average molecular weight is 1800 g/mol. The number of aromatic amines is 1. The Morgan fingerprint density at radius 3 is 1.29 bits per heavy atom. The number of H-pyrrole nitrogens is 1. The Hall–Kier alpha value is -2.58. The van der Waals surface area contributed by atoms with E-state index < -0.39 is 16.8 Å². The van der Waals surface area contributed by atoms with Gasteiger partial charge >= 0.3 is 103 Å². The number of aliphatic hydroxyl groups is 3. The molecular weight excluding hydrogens is 1650 g/mol. The summed E-state index contributed by atoms with van der Waals surface area (Å²) in [5.74, 6) is 11.7. The van der Waals surface area contributed by atoms with E-state index in [1.54, 1.807) is 27.5 Å². The molecule has 6 aromatic rings. The first-order valence-corrected chi connectivity index (χ1v) is 45.1. The van der Waals surface area contributed by atoms with Gasteiger partial charge in [-0.25, -0.2) is 0 Å². The molecule has 4 N–H and O–H groups in total. The smallest absolute Gasteiger partial charge is 1.00 e. The van der Waals surface area contributed by atoms with E-state index in [1.807, 2.05) is 118 Å². The van der Waals surface area contributed by atoms with Crippen LogP contribution in [-0.4, -0.2) is 154 Å². The van der Waals surface area contributed by atoms with Gasteiger partial charge in [0.15, 0.2) is 11.6 Å². The summed E-state index contributed by atoms with van der Waals surface area (Å²) in [6, 6.07) is 17.6. The molecule has 3 aromatic heterocycles. The van der Waals surface area contributed by atoms with Crippen LogP contribution in [0.1, 0.15) is 239 Å². The summed E-state index contributed by atoms with van der Waals surface area (Å²) in [5, 5.41) is 60.4. The van der Waals surface area contributed by atoms with Gasteiger partial charge < -0.3 is 55.3 Å². The standard InChI is InChI=1S/2C31H44N2O4.C23H37BrO3.C8H8N2O.CH2O3.3CH4.2K.H/c1-29(35)14-15-31(19-36-3)20(16-29)8-9-21-23-10-11-25(30(23,2)13-12-24(21)31)27(34)18-33-17-22-26(32-33)6-5-7-28(22)37-4;1-29(35)14-15-31(19-36-3)20(16-29)8-9-21-23-10-11-25(30(23,2)13-12-24(21)31)27(34)18-33-26-6-5-7-28(37-4)22(26)17-32-33;1-21(26)10-11-23(14-27-3)15(12-21)4-5-16-17-6-7-19(20(25)13-24)22(17,2)9-8-18(16)23;1-11-8-4-2-3-7-6(8)5-9-10-7;2-1-4-3;;;;;;/h2*5-7,17,20-21,23-25,35H,8-16,18-19H2,1-4H3;15-19,26H,4-14H2,1-3H3;2-5H,1H3,(H,9,10);1,3H;3*1H4;;;/q;;;;;;;;2*+1;-1/p-1/t20-,21+,23+,24+,25-,29-,30+,31-;20-,21-,23-,24-,25+,29+,30-,31+;15-,16-,17-,18-,19+,21+,22-,23+;;;;;;;;/m100......../s1. The maximum Gasteiger partial charge on any atom is 1.00 e. The molecule has 24 heteroatoms. The van der Waals surface area contributed by atoms with Gasteiger partial charge in [-0.1, -0.05) is 77.2 Å². The molecule has 3 heterocycles. The van der Waals surface area contributed by atoms with Crippen molar-refractivity contribution in [3.8, 4) is 17.2 Å². The van der Waals surface area contributed by atoms with Crippen molar-refractivity contribution in [2.24, 2.45) is 121 Å². The molecule has 0 bridgehead atoms. The Labute approximate surface area is 817 Å². The number of nitrogens with one attached hydrogen (secondary N) is 1. The van der Waals surface area contributed by atoms with Crippen LogP contribution in [0.4, 0.5) is 0 Å². The van der Waals surface area contributed by atoms with E-state index >= 15 is 0 Å². The van der Waals surface area contributed by atoms with Crippen molar-refractivity contribution in [2.75, 3.05) is 67.8 Å². The molecule has 24 atom stereocenters. The maximum atomic E-state index is 13.9. The summed E-state index contributed by atoms with van der Waals surface area (Å²) in [4.78, 5) is 51.5. The zero-order chi connectivity index (χ0) is 82.5. The minimum absolute atomic E-state index is 0. The summed E-state index contributed by atoms with van der Waals surface area (Å²) in [6.45, 7) is 16.3. The second-order valence-electron chi connectivity index (χ2n) is 40.0. The Kier molecular flexibility index (Phi) is 35.2. The third kappa shape index (κ3) is 19.5. The van der Waals surface area contributed by atoms with Gasteiger partial charge in [0, 0.05) is 45.3 Å². The van der Waals surface area contributed by atoms with Crippen LogP contribution in [0.5, 0.6) is 17.2 Å². The van der Waals surface area contributed by atoms with E-state index in [0.717, 1.165) is 178 Å². The second kappa shape index (κ2) is 41.7. The van der Waals surface area contributed by atoms with Crippen molar-refractivity contribution in [1.29, 1.82) is 0 Å². The molecule has 12 fully saturated rings. The van der Waals surface area contributed by atoms with Gasteiger partial charge in [0.1, 0.15) is 29.6 Å². The van der Waals surface area contributed by atoms with Gasteiger partial charge in [0.05, 0.1) is 115 Å². The van der Waals surface area contributed by atoms with E-state index in [1.165, 1.54) is 70.6 Å². The van der Waals surface area contributed by atoms with Crippen molar-refractivity contribution in [3.05, 3.63) is 73.2 Å². The number of alkyl halides is 1. The monoisotopic (exact) mass is 1790 g/mol. The Morgan fingerprint density at radius 1 is 0.496 bits per heavy atom. The predicted octanol–water partition coefficient (Wildman–Crippen LogP) is 12.3. The number of benzene rings is 3. The Morgan fingerprint density at radius 2 is 0.884 bits per heavy atom. The summed E-state index contributed by atoms with van der Waals surface area (Å²) in [7, 11) is 10.6. The molecule has 3 aromatic carbocycles. The number of aromatic nitrogens is 6. The average Bonchev–Trinajstić information content (AvgIpc) is 1.40. The fraction of sp³-hybridized carbons (Fsp3) is 0.742. The third-order valence-corrected chi connectivity index (χ3v) is 35.0. The number of rotatable bonds is 18. The molecule has 0 radical (unpaired) electrons. The summed E-state index contributed by atoms with van der Waals surface area (Å²) in [5.41, 5.74) is 2.24. The number of nitrogens with zero attached hydrogens (tertiary/aromatic N) is 5. The first-order chi connectivity index (χ1) is 55.5. The molecule has 18 rings (SSSR count). The first-order valence-electron chi connectivity index (χ1n) is 44.0. The number of carbonyl (C=O) groups is 4.